The lowest BCUT2D eigenvalue weighted by molar-refractivity contribution is 0.768. The van der Waals surface area contributed by atoms with Gasteiger partial charge in [0.1, 0.15) is 5.01 Å². The van der Waals surface area contributed by atoms with Gasteiger partial charge in [0.2, 0.25) is 0 Å². The molecule has 0 aliphatic rings. The van der Waals surface area contributed by atoms with Crippen LogP contribution in [-0.4, -0.2) is 14.8 Å². The molecule has 0 bridgehead atoms. The van der Waals surface area contributed by atoms with Gasteiger partial charge in [0, 0.05) is 30.7 Å². The smallest absolute Gasteiger partial charge is 0.107 e. The molecule has 2 aromatic heterocycles. The summed E-state index contributed by atoms with van der Waals surface area (Å²) in [5, 5.41) is 7.03. The molecule has 0 aliphatic heterocycles. The van der Waals surface area contributed by atoms with E-state index in [1.165, 1.54) is 0 Å². The van der Waals surface area contributed by atoms with E-state index in [-0.39, 0.29) is 0 Å². The summed E-state index contributed by atoms with van der Waals surface area (Å²) in [6, 6.07) is 0. The molecule has 0 spiro atoms. The van der Waals surface area contributed by atoms with E-state index in [0.717, 1.165) is 16.3 Å². The minimum atomic E-state index is 0.505. The van der Waals surface area contributed by atoms with Crippen LogP contribution >= 0.6 is 11.3 Å². The fourth-order valence-corrected chi connectivity index (χ4v) is 1.77. The van der Waals surface area contributed by atoms with Gasteiger partial charge in [0.15, 0.2) is 0 Å². The Balaban J connectivity index is 2.35. The molecular formula is C8H10N4S. The van der Waals surface area contributed by atoms with Crippen molar-refractivity contribution in [2.45, 2.75) is 6.54 Å². The quantitative estimate of drug-likeness (QED) is 0.776. The topological polar surface area (TPSA) is 56.7 Å². The summed E-state index contributed by atoms with van der Waals surface area (Å²) in [6.07, 6.45) is 3.74. The molecule has 0 aromatic carbocycles. The first-order valence-corrected chi connectivity index (χ1v) is 4.81. The minimum absolute atomic E-state index is 0.505. The summed E-state index contributed by atoms with van der Waals surface area (Å²) in [5.74, 6) is 0. The fourth-order valence-electron chi connectivity index (χ4n) is 1.09. The number of hydrogen-bond acceptors (Lipinski definition) is 4. The molecule has 2 aromatic rings. The lowest BCUT2D eigenvalue weighted by atomic mass is 10.3. The number of nitrogens with zero attached hydrogens (tertiary/aromatic N) is 3. The van der Waals surface area contributed by atoms with Gasteiger partial charge in [-0.25, -0.2) is 4.98 Å². The van der Waals surface area contributed by atoms with Gasteiger partial charge in [0.25, 0.3) is 0 Å². The monoisotopic (exact) mass is 194 g/mol. The van der Waals surface area contributed by atoms with Gasteiger partial charge >= 0.3 is 0 Å². The Hall–Kier alpha value is -1.20. The molecule has 4 nitrogen and oxygen atoms in total. The maximum Gasteiger partial charge on any atom is 0.107 e. The van der Waals surface area contributed by atoms with Crippen LogP contribution in [0.25, 0.3) is 11.3 Å². The molecule has 0 atom stereocenters. The third-order valence-corrected chi connectivity index (χ3v) is 2.60. The molecule has 2 N–H and O–H groups in total. The molecule has 0 saturated heterocycles. The molecule has 2 heterocycles. The largest absolute Gasteiger partial charge is 0.325 e. The van der Waals surface area contributed by atoms with E-state index in [1.807, 2.05) is 18.6 Å². The summed E-state index contributed by atoms with van der Waals surface area (Å²) in [5.41, 5.74) is 7.47. The summed E-state index contributed by atoms with van der Waals surface area (Å²) >= 11 is 1.58. The molecule has 0 fully saturated rings. The zero-order chi connectivity index (χ0) is 9.26. The van der Waals surface area contributed by atoms with Gasteiger partial charge < -0.3 is 5.73 Å². The van der Waals surface area contributed by atoms with E-state index >= 15 is 0 Å². The van der Waals surface area contributed by atoms with Crippen molar-refractivity contribution >= 4 is 11.3 Å². The molecule has 0 aliphatic carbocycles. The zero-order valence-electron chi connectivity index (χ0n) is 7.27. The van der Waals surface area contributed by atoms with Crippen LogP contribution in [0.1, 0.15) is 5.01 Å². The number of rotatable bonds is 2. The summed E-state index contributed by atoms with van der Waals surface area (Å²) < 4.78 is 1.76. The highest BCUT2D eigenvalue weighted by molar-refractivity contribution is 7.09. The van der Waals surface area contributed by atoms with E-state index in [1.54, 1.807) is 22.2 Å². The predicted octanol–water partition coefficient (Wildman–Crippen LogP) is 1.00. The first-order chi connectivity index (χ1) is 6.29. The number of hydrogen-bond donors (Lipinski definition) is 1. The number of thiazole rings is 1. The molecule has 0 radical (unpaired) electrons. The first kappa shape index (κ1) is 8.40. The van der Waals surface area contributed by atoms with Crippen molar-refractivity contribution in [3.8, 4) is 11.3 Å². The highest BCUT2D eigenvalue weighted by atomic mass is 32.1. The molecular weight excluding hydrogens is 184 g/mol. The second-order valence-electron chi connectivity index (χ2n) is 2.73. The van der Waals surface area contributed by atoms with E-state index in [4.69, 9.17) is 5.73 Å². The van der Waals surface area contributed by atoms with Crippen LogP contribution in [0.2, 0.25) is 0 Å². The van der Waals surface area contributed by atoms with Crippen LogP contribution in [-0.2, 0) is 13.6 Å². The fraction of sp³-hybridized carbons (Fsp3) is 0.250. The first-order valence-electron chi connectivity index (χ1n) is 3.93. The molecule has 13 heavy (non-hydrogen) atoms. The number of aryl methyl sites for hydroxylation is 1. The molecule has 5 heteroatoms. The van der Waals surface area contributed by atoms with Gasteiger partial charge in [-0.3, -0.25) is 4.68 Å². The molecule has 68 valence electrons. The summed E-state index contributed by atoms with van der Waals surface area (Å²) in [7, 11) is 1.89. The van der Waals surface area contributed by atoms with E-state index in [2.05, 4.69) is 10.1 Å². The Morgan fingerprint density at radius 2 is 2.46 bits per heavy atom. The van der Waals surface area contributed by atoms with Crippen molar-refractivity contribution < 1.29 is 0 Å². The molecule has 0 saturated carbocycles. The maximum atomic E-state index is 5.47. The van der Waals surface area contributed by atoms with E-state index in [0.29, 0.717) is 6.54 Å². The second kappa shape index (κ2) is 3.27. The molecule has 2 rings (SSSR count). The third-order valence-electron chi connectivity index (χ3n) is 1.73. The van der Waals surface area contributed by atoms with Crippen LogP contribution in [0.4, 0.5) is 0 Å². The van der Waals surface area contributed by atoms with E-state index in [9.17, 15) is 0 Å². The van der Waals surface area contributed by atoms with Crippen molar-refractivity contribution in [3.63, 3.8) is 0 Å². The molecule has 0 unspecified atom stereocenters. The lowest BCUT2D eigenvalue weighted by Crippen LogP contribution is -1.94. The summed E-state index contributed by atoms with van der Waals surface area (Å²) in [4.78, 5) is 4.35. The maximum absolute atomic E-state index is 5.47. The van der Waals surface area contributed by atoms with Crippen molar-refractivity contribution in [2.24, 2.45) is 12.8 Å². The van der Waals surface area contributed by atoms with Crippen LogP contribution < -0.4 is 5.73 Å². The average molecular weight is 194 g/mol. The van der Waals surface area contributed by atoms with Crippen molar-refractivity contribution in [1.29, 1.82) is 0 Å². The van der Waals surface area contributed by atoms with Crippen molar-refractivity contribution in [1.82, 2.24) is 14.8 Å². The standard InChI is InChI=1S/C8H10N4S/c1-12-4-6(3-10-12)7-5-13-8(2-9)11-7/h3-5H,2,9H2,1H3. The molecule has 0 amide bonds. The highest BCUT2D eigenvalue weighted by Gasteiger charge is 2.04. The van der Waals surface area contributed by atoms with Gasteiger partial charge in [-0.05, 0) is 0 Å². The van der Waals surface area contributed by atoms with Gasteiger partial charge in [-0.2, -0.15) is 5.10 Å². The van der Waals surface area contributed by atoms with Crippen LogP contribution in [0.5, 0.6) is 0 Å². The van der Waals surface area contributed by atoms with Crippen molar-refractivity contribution in [3.05, 3.63) is 22.8 Å². The highest BCUT2D eigenvalue weighted by Crippen LogP contribution is 2.20. The Bertz CT molecular complexity index is 404. The normalized spacial score (nSPS) is 10.6. The number of nitrogens with two attached hydrogens (primary N) is 1. The Kier molecular flexibility index (Phi) is 2.12. The van der Waals surface area contributed by atoms with E-state index < -0.39 is 0 Å². The van der Waals surface area contributed by atoms with Crippen LogP contribution in [0.3, 0.4) is 0 Å². The van der Waals surface area contributed by atoms with Gasteiger partial charge in [-0.15, -0.1) is 11.3 Å². The third kappa shape index (κ3) is 1.61. The Morgan fingerprint density at radius 3 is 3.00 bits per heavy atom. The Morgan fingerprint density at radius 1 is 1.62 bits per heavy atom. The van der Waals surface area contributed by atoms with Crippen LogP contribution in [0.15, 0.2) is 17.8 Å². The summed E-state index contributed by atoms with van der Waals surface area (Å²) in [6.45, 7) is 0.505. The Labute approximate surface area is 80.0 Å². The predicted molar refractivity (Wildman–Crippen MR) is 52.2 cm³/mol. The average Bonchev–Trinajstić information content (AvgIpc) is 2.71. The second-order valence-corrected chi connectivity index (χ2v) is 3.68. The van der Waals surface area contributed by atoms with Gasteiger partial charge in [-0.1, -0.05) is 0 Å². The van der Waals surface area contributed by atoms with Crippen LogP contribution in [0, 0.1) is 0 Å². The van der Waals surface area contributed by atoms with Gasteiger partial charge in [0.05, 0.1) is 11.9 Å². The zero-order valence-corrected chi connectivity index (χ0v) is 8.08. The number of aromatic nitrogens is 3. The lowest BCUT2D eigenvalue weighted by Gasteiger charge is -1.87. The minimum Gasteiger partial charge on any atom is -0.325 e. The SMILES string of the molecule is Cn1cc(-c2csc(CN)n2)cn1. The van der Waals surface area contributed by atoms with Crippen molar-refractivity contribution in [2.75, 3.05) is 0 Å².